The molecule has 2 heteroatoms. The van der Waals surface area contributed by atoms with E-state index in [1.165, 1.54) is 11.8 Å². The Kier molecular flexibility index (Phi) is 2.01. The van der Waals surface area contributed by atoms with Crippen molar-refractivity contribution in [1.29, 1.82) is 0 Å². The Bertz CT molecular complexity index is 181. The van der Waals surface area contributed by atoms with Crippen molar-refractivity contribution in [3.63, 3.8) is 0 Å². The molecule has 0 aromatic heterocycles. The van der Waals surface area contributed by atoms with Crippen LogP contribution in [0.1, 0.15) is 0 Å². The summed E-state index contributed by atoms with van der Waals surface area (Å²) in [6.07, 6.45) is 3.66. The average molecular weight is 138 g/mol. The second-order valence-corrected chi connectivity index (χ2v) is 2.47. The number of anilines is 1. The number of hydrogen-bond acceptors (Lipinski definition) is 2. The van der Waals surface area contributed by atoms with Gasteiger partial charge in [-0.15, -0.1) is 11.8 Å². The molecule has 0 aliphatic heterocycles. The van der Waals surface area contributed by atoms with Crippen molar-refractivity contribution in [3.8, 4) is 0 Å². The van der Waals surface area contributed by atoms with Crippen LogP contribution in [0.3, 0.4) is 0 Å². The minimum atomic E-state index is 0.799. The van der Waals surface area contributed by atoms with Crippen LogP contribution in [0.4, 0.5) is 5.69 Å². The molecule has 0 heterocycles. The molecule has 0 spiro atoms. The highest BCUT2D eigenvalue weighted by atomic mass is 32.2. The lowest BCUT2D eigenvalue weighted by Crippen LogP contribution is -1.81. The molecule has 1 rings (SSSR count). The van der Waals surface area contributed by atoms with Crippen LogP contribution >= 0.6 is 11.8 Å². The predicted octanol–water partition coefficient (Wildman–Crippen LogP) is 2.15. The number of hydrogen-bond donors (Lipinski definition) is 1. The zero-order chi connectivity index (χ0) is 6.69. The zero-order valence-electron chi connectivity index (χ0n) is 5.00. The van der Waals surface area contributed by atoms with Gasteiger partial charge in [-0.05, 0) is 24.3 Å². The van der Waals surface area contributed by atoms with Gasteiger partial charge in [0.1, 0.15) is 0 Å². The average Bonchev–Trinajstić information content (AvgIpc) is 1.90. The van der Waals surface area contributed by atoms with Crippen molar-refractivity contribution in [3.05, 3.63) is 30.5 Å². The molecule has 2 N–H and O–H groups in total. The lowest BCUT2D eigenvalue weighted by molar-refractivity contribution is 1.47. The highest BCUT2D eigenvalue weighted by Crippen LogP contribution is 2.16. The molecule has 1 radical (unpaired) electrons. The van der Waals surface area contributed by atoms with Crippen LogP contribution in [0.2, 0.25) is 0 Å². The van der Waals surface area contributed by atoms with E-state index >= 15 is 0 Å². The molecule has 0 aliphatic rings. The number of nitrogen functional groups attached to an aromatic ring is 1. The van der Waals surface area contributed by atoms with Gasteiger partial charge >= 0.3 is 0 Å². The van der Waals surface area contributed by atoms with E-state index in [0.717, 1.165) is 10.6 Å². The lowest BCUT2D eigenvalue weighted by atomic mass is 10.3. The van der Waals surface area contributed by atoms with Crippen molar-refractivity contribution >= 4 is 17.4 Å². The van der Waals surface area contributed by atoms with Crippen LogP contribution in [0.25, 0.3) is 0 Å². The first kappa shape index (κ1) is 6.49. The quantitative estimate of drug-likeness (QED) is 0.475. The Morgan fingerprint density at radius 2 is 1.78 bits per heavy atom. The van der Waals surface area contributed by atoms with Crippen molar-refractivity contribution in [1.82, 2.24) is 0 Å². The lowest BCUT2D eigenvalue weighted by Gasteiger charge is -1.94. The molecule has 0 unspecified atom stereocenters. The maximum atomic E-state index is 5.45. The smallest absolute Gasteiger partial charge is 0.0314 e. The van der Waals surface area contributed by atoms with Gasteiger partial charge < -0.3 is 5.73 Å². The predicted molar refractivity (Wildman–Crippen MR) is 42.1 cm³/mol. The van der Waals surface area contributed by atoms with Gasteiger partial charge in [0, 0.05) is 16.8 Å². The van der Waals surface area contributed by atoms with E-state index < -0.39 is 0 Å². The fourth-order valence-electron chi connectivity index (χ4n) is 0.564. The minimum absolute atomic E-state index is 0.799. The van der Waals surface area contributed by atoms with Gasteiger partial charge in [-0.25, -0.2) is 0 Å². The molecule has 1 aromatic rings. The summed E-state index contributed by atoms with van der Waals surface area (Å²) >= 11 is 1.47. The molecule has 1 nitrogen and oxygen atoms in total. The van der Waals surface area contributed by atoms with Crippen LogP contribution in [0.15, 0.2) is 29.2 Å². The summed E-state index contributed by atoms with van der Waals surface area (Å²) < 4.78 is 0. The third-order valence-corrected chi connectivity index (χ3v) is 1.65. The molecule has 0 atom stereocenters. The maximum absolute atomic E-state index is 5.45. The molecular formula is C7H8NS. The third-order valence-electron chi connectivity index (χ3n) is 1.05. The number of rotatable bonds is 1. The monoisotopic (exact) mass is 138 g/mol. The second-order valence-electron chi connectivity index (χ2n) is 1.71. The van der Waals surface area contributed by atoms with Gasteiger partial charge in [-0.1, -0.05) is 0 Å². The normalized spacial score (nSPS) is 9.44. The van der Waals surface area contributed by atoms with E-state index in [0.29, 0.717) is 0 Å². The van der Waals surface area contributed by atoms with E-state index in [1.807, 2.05) is 24.3 Å². The number of benzene rings is 1. The van der Waals surface area contributed by atoms with E-state index in [-0.39, 0.29) is 0 Å². The van der Waals surface area contributed by atoms with Crippen molar-refractivity contribution < 1.29 is 0 Å². The van der Waals surface area contributed by atoms with Gasteiger partial charge in [0.25, 0.3) is 0 Å². The Hall–Kier alpha value is -0.630. The summed E-state index contributed by atoms with van der Waals surface area (Å²) in [5, 5.41) is 0. The fraction of sp³-hybridized carbons (Fsp3) is 0. The Morgan fingerprint density at radius 3 is 2.22 bits per heavy atom. The maximum Gasteiger partial charge on any atom is 0.0314 e. The topological polar surface area (TPSA) is 26.0 Å². The molecule has 1 aromatic carbocycles. The van der Waals surface area contributed by atoms with E-state index in [1.54, 1.807) is 0 Å². The second kappa shape index (κ2) is 2.78. The summed E-state index contributed by atoms with van der Waals surface area (Å²) in [6.45, 7) is 0. The molecule has 0 amide bonds. The summed E-state index contributed by atoms with van der Waals surface area (Å²) in [4.78, 5) is 1.14. The Balaban J connectivity index is 2.88. The van der Waals surface area contributed by atoms with Crippen molar-refractivity contribution in [2.45, 2.75) is 4.90 Å². The van der Waals surface area contributed by atoms with Crippen molar-refractivity contribution in [2.75, 3.05) is 5.73 Å². The van der Waals surface area contributed by atoms with Gasteiger partial charge in [-0.2, -0.15) is 0 Å². The highest BCUT2D eigenvalue weighted by molar-refractivity contribution is 8.00. The summed E-state index contributed by atoms with van der Waals surface area (Å²) in [7, 11) is 0. The number of nitrogens with two attached hydrogens (primary N) is 1. The summed E-state index contributed by atoms with van der Waals surface area (Å²) in [5.74, 6) is 0. The Morgan fingerprint density at radius 1 is 1.22 bits per heavy atom. The molecule has 9 heavy (non-hydrogen) atoms. The van der Waals surface area contributed by atoms with Gasteiger partial charge in [0.15, 0.2) is 0 Å². The minimum Gasteiger partial charge on any atom is -0.399 e. The largest absolute Gasteiger partial charge is 0.399 e. The highest BCUT2D eigenvalue weighted by Gasteiger charge is 1.85. The molecule has 0 fully saturated rings. The van der Waals surface area contributed by atoms with Crippen LogP contribution in [0.5, 0.6) is 0 Å². The van der Waals surface area contributed by atoms with Gasteiger partial charge in [0.2, 0.25) is 0 Å². The molecule has 0 aliphatic carbocycles. The van der Waals surface area contributed by atoms with E-state index in [4.69, 9.17) is 5.73 Å². The van der Waals surface area contributed by atoms with Gasteiger partial charge in [-0.3, -0.25) is 0 Å². The molecular weight excluding hydrogens is 130 g/mol. The SMILES string of the molecule is [CH2]Sc1ccc(N)cc1. The first-order valence-corrected chi connectivity index (χ1v) is 3.59. The molecule has 0 bridgehead atoms. The van der Waals surface area contributed by atoms with E-state index in [9.17, 15) is 0 Å². The zero-order valence-corrected chi connectivity index (χ0v) is 5.82. The van der Waals surface area contributed by atoms with Crippen LogP contribution in [-0.4, -0.2) is 0 Å². The molecule has 47 valence electrons. The molecule has 0 saturated carbocycles. The third kappa shape index (κ3) is 1.64. The first-order chi connectivity index (χ1) is 4.33. The molecule has 0 saturated heterocycles. The Labute approximate surface area is 59.3 Å². The standard InChI is InChI=1S/C7H8NS/c1-9-7-4-2-6(8)3-5-7/h2-5H,1,8H2. The van der Waals surface area contributed by atoms with Crippen molar-refractivity contribution in [2.24, 2.45) is 0 Å². The first-order valence-electron chi connectivity index (χ1n) is 2.60. The van der Waals surface area contributed by atoms with Crippen LogP contribution < -0.4 is 5.73 Å². The number of thioether (sulfide) groups is 1. The summed E-state index contributed by atoms with van der Waals surface area (Å²) in [5.41, 5.74) is 6.25. The van der Waals surface area contributed by atoms with E-state index in [2.05, 4.69) is 6.26 Å². The van der Waals surface area contributed by atoms with Crippen LogP contribution in [0, 0.1) is 6.26 Å². The van der Waals surface area contributed by atoms with Gasteiger partial charge in [0.05, 0.1) is 0 Å². The summed E-state index contributed by atoms with van der Waals surface area (Å²) in [6, 6.07) is 7.64. The van der Waals surface area contributed by atoms with Crippen LogP contribution in [-0.2, 0) is 0 Å². The fourth-order valence-corrected chi connectivity index (χ4v) is 0.893.